The third-order valence-electron chi connectivity index (χ3n) is 8.55. The van der Waals surface area contributed by atoms with Crippen LogP contribution in [0.2, 0.25) is 0 Å². The van der Waals surface area contributed by atoms with E-state index in [4.69, 9.17) is 4.74 Å². The Morgan fingerprint density at radius 1 is 0.946 bits per heavy atom. The highest BCUT2D eigenvalue weighted by Gasteiger charge is 2.34. The molecule has 1 aromatic carbocycles. The van der Waals surface area contributed by atoms with Crippen LogP contribution >= 0.6 is 0 Å². The topological polar surface area (TPSA) is 75.9 Å². The summed E-state index contributed by atoms with van der Waals surface area (Å²) in [5, 5.41) is 4.46. The van der Waals surface area contributed by atoms with Crippen LogP contribution in [0.1, 0.15) is 67.7 Å². The Labute approximate surface area is 219 Å². The summed E-state index contributed by atoms with van der Waals surface area (Å²) in [6, 6.07) is 9.12. The summed E-state index contributed by atoms with van der Waals surface area (Å²) in [6.45, 7) is 11.8. The molecule has 3 fully saturated rings. The van der Waals surface area contributed by atoms with Gasteiger partial charge in [0.2, 0.25) is 5.91 Å². The highest BCUT2D eigenvalue weighted by atomic mass is 16.5. The first-order chi connectivity index (χ1) is 17.9. The maximum atomic E-state index is 12.7. The molecule has 0 unspecified atom stereocenters. The number of rotatable bonds is 5. The number of carbonyl (C=O) groups is 1. The zero-order chi connectivity index (χ0) is 25.7. The first-order valence-electron chi connectivity index (χ1n) is 13.9. The number of fused-ring (bicyclic) bond motifs is 1. The van der Waals surface area contributed by atoms with Gasteiger partial charge in [0.05, 0.1) is 17.9 Å². The van der Waals surface area contributed by atoms with E-state index in [0.29, 0.717) is 29.3 Å². The number of likely N-dealkylation sites (tertiary alicyclic amines) is 1. The van der Waals surface area contributed by atoms with Crippen molar-refractivity contribution >= 4 is 17.4 Å². The van der Waals surface area contributed by atoms with Crippen molar-refractivity contribution in [3.8, 4) is 5.75 Å². The molecule has 2 aromatic heterocycles. The van der Waals surface area contributed by atoms with Gasteiger partial charge in [-0.25, -0.2) is 4.98 Å². The van der Waals surface area contributed by atoms with Gasteiger partial charge in [-0.3, -0.25) is 4.79 Å². The van der Waals surface area contributed by atoms with E-state index in [1.54, 1.807) is 4.52 Å². The maximum Gasteiger partial charge on any atom is 0.253 e. The van der Waals surface area contributed by atoms with Crippen molar-refractivity contribution in [2.24, 2.45) is 11.8 Å². The number of ether oxygens (including phenoxy) is 1. The number of anilines is 1. The Bertz CT molecular complexity index is 1290. The summed E-state index contributed by atoms with van der Waals surface area (Å²) in [5.74, 6) is 4.03. The molecule has 8 nitrogen and oxygen atoms in total. The minimum atomic E-state index is 0.114. The van der Waals surface area contributed by atoms with Gasteiger partial charge in [-0.1, -0.05) is 19.1 Å². The molecule has 0 bridgehead atoms. The molecule has 0 radical (unpaired) electrons. The normalized spacial score (nSPS) is 24.5. The Hall–Kier alpha value is -3.16. The minimum absolute atomic E-state index is 0.114. The van der Waals surface area contributed by atoms with Gasteiger partial charge in [0, 0.05) is 37.7 Å². The second kappa shape index (κ2) is 9.62. The number of aromatic nitrogens is 4. The number of nitrogens with zero attached hydrogens (tertiary/aromatic N) is 6. The Balaban J connectivity index is 1.05. The zero-order valence-corrected chi connectivity index (χ0v) is 22.5. The molecule has 1 saturated carbocycles. The lowest BCUT2D eigenvalue weighted by Crippen LogP contribution is -2.51. The van der Waals surface area contributed by atoms with Crippen LogP contribution in [-0.2, 0) is 4.79 Å². The van der Waals surface area contributed by atoms with Crippen LogP contribution in [0.5, 0.6) is 5.75 Å². The smallest absolute Gasteiger partial charge is 0.253 e. The van der Waals surface area contributed by atoms with Gasteiger partial charge in [-0.05, 0) is 76.0 Å². The van der Waals surface area contributed by atoms with Crippen LogP contribution in [0.3, 0.4) is 0 Å². The lowest BCUT2D eigenvalue weighted by molar-refractivity contribution is -0.142. The van der Waals surface area contributed by atoms with Crippen LogP contribution in [0, 0.1) is 32.6 Å². The van der Waals surface area contributed by atoms with E-state index in [0.717, 1.165) is 75.4 Å². The first-order valence-corrected chi connectivity index (χ1v) is 13.9. The van der Waals surface area contributed by atoms with Gasteiger partial charge in [0.1, 0.15) is 11.9 Å². The fourth-order valence-electron chi connectivity index (χ4n) is 6.42. The van der Waals surface area contributed by atoms with Crippen LogP contribution in [0.15, 0.2) is 24.3 Å². The predicted octanol–water partition coefficient (Wildman–Crippen LogP) is 4.46. The number of hydrogen-bond acceptors (Lipinski definition) is 6. The first kappa shape index (κ1) is 24.2. The van der Waals surface area contributed by atoms with Crippen molar-refractivity contribution in [3.63, 3.8) is 0 Å². The molecule has 196 valence electrons. The summed E-state index contributed by atoms with van der Waals surface area (Å²) in [4.78, 5) is 26.1. The minimum Gasteiger partial charge on any atom is -0.485 e. The number of benzene rings is 1. The van der Waals surface area contributed by atoms with Crippen LogP contribution < -0.4 is 9.64 Å². The standard InChI is InChI=1S/C29H38N6O2/c1-18-15-34(16-18)28(36)24-7-5-22(6-8-24)23-9-11-25(12-10-23)33-14-13-26(17-33)37-27-19(2)30-29-31-21(4)32-35(29)20(27)3/h9-12,18,22,24,26H,5-8,13-17H2,1-4H3/t22?,24?,26-/m1/s1. The van der Waals surface area contributed by atoms with E-state index in [9.17, 15) is 4.79 Å². The van der Waals surface area contributed by atoms with Crippen LogP contribution in [0.4, 0.5) is 5.69 Å². The van der Waals surface area contributed by atoms with Crippen molar-refractivity contribution in [2.75, 3.05) is 31.1 Å². The summed E-state index contributed by atoms with van der Waals surface area (Å²) < 4.78 is 8.24. The van der Waals surface area contributed by atoms with Gasteiger partial charge in [-0.2, -0.15) is 9.50 Å². The van der Waals surface area contributed by atoms with E-state index in [2.05, 4.69) is 56.1 Å². The third kappa shape index (κ3) is 4.66. The largest absolute Gasteiger partial charge is 0.485 e. The third-order valence-corrected chi connectivity index (χ3v) is 8.55. The molecule has 3 aromatic rings. The van der Waals surface area contributed by atoms with Crippen molar-refractivity contribution in [1.29, 1.82) is 0 Å². The van der Waals surface area contributed by atoms with Crippen LogP contribution in [-0.4, -0.2) is 62.7 Å². The number of aryl methyl sites for hydroxylation is 3. The lowest BCUT2D eigenvalue weighted by Gasteiger charge is -2.40. The second-order valence-corrected chi connectivity index (χ2v) is 11.4. The molecule has 1 amide bonds. The predicted molar refractivity (Wildman–Crippen MR) is 143 cm³/mol. The van der Waals surface area contributed by atoms with Crippen molar-refractivity contribution < 1.29 is 9.53 Å². The van der Waals surface area contributed by atoms with Gasteiger partial charge >= 0.3 is 0 Å². The fraction of sp³-hybridized carbons (Fsp3) is 0.586. The second-order valence-electron chi connectivity index (χ2n) is 11.4. The molecule has 2 aliphatic heterocycles. The molecule has 3 aliphatic rings. The quantitative estimate of drug-likeness (QED) is 0.513. The summed E-state index contributed by atoms with van der Waals surface area (Å²) in [6.07, 6.45) is 5.36. The molecular formula is C29H38N6O2. The highest BCUT2D eigenvalue weighted by molar-refractivity contribution is 5.79. The Morgan fingerprint density at radius 3 is 2.38 bits per heavy atom. The molecule has 8 heteroatoms. The van der Waals surface area contributed by atoms with Crippen molar-refractivity contribution in [3.05, 3.63) is 47.0 Å². The molecule has 37 heavy (non-hydrogen) atoms. The lowest BCUT2D eigenvalue weighted by atomic mass is 9.77. The van der Waals surface area contributed by atoms with Gasteiger partial charge < -0.3 is 14.5 Å². The monoisotopic (exact) mass is 502 g/mol. The zero-order valence-electron chi connectivity index (χ0n) is 22.5. The molecule has 0 spiro atoms. The van der Waals surface area contributed by atoms with Gasteiger partial charge in [0.25, 0.3) is 5.78 Å². The Morgan fingerprint density at radius 2 is 1.68 bits per heavy atom. The Kier molecular flexibility index (Phi) is 6.29. The van der Waals surface area contributed by atoms with Gasteiger partial charge in [0.15, 0.2) is 5.75 Å². The fourth-order valence-corrected chi connectivity index (χ4v) is 6.42. The molecule has 1 aliphatic carbocycles. The average Bonchev–Trinajstić information content (AvgIpc) is 3.50. The van der Waals surface area contributed by atoms with E-state index in [1.807, 2.05) is 20.8 Å². The molecular weight excluding hydrogens is 464 g/mol. The van der Waals surface area contributed by atoms with Crippen LogP contribution in [0.25, 0.3) is 5.78 Å². The van der Waals surface area contributed by atoms with E-state index < -0.39 is 0 Å². The molecule has 1 atom stereocenters. The summed E-state index contributed by atoms with van der Waals surface area (Å²) in [7, 11) is 0. The molecule has 2 saturated heterocycles. The molecule has 6 rings (SSSR count). The number of hydrogen-bond donors (Lipinski definition) is 0. The SMILES string of the molecule is Cc1nc2nc(C)c(O[C@@H]3CCN(c4ccc(C5CCC(C(=O)N6CC(C)C6)CC5)cc4)C3)c(C)n2n1. The van der Waals surface area contributed by atoms with E-state index in [1.165, 1.54) is 11.3 Å². The average molecular weight is 503 g/mol. The summed E-state index contributed by atoms with van der Waals surface area (Å²) >= 11 is 0. The van der Waals surface area contributed by atoms with Gasteiger partial charge in [-0.15, -0.1) is 5.10 Å². The van der Waals surface area contributed by atoms with E-state index >= 15 is 0 Å². The number of amides is 1. The van der Waals surface area contributed by atoms with E-state index in [-0.39, 0.29) is 12.0 Å². The number of carbonyl (C=O) groups excluding carboxylic acids is 1. The maximum absolute atomic E-state index is 12.7. The summed E-state index contributed by atoms with van der Waals surface area (Å²) in [5.41, 5.74) is 4.46. The van der Waals surface area contributed by atoms with Crippen molar-refractivity contribution in [2.45, 2.75) is 71.8 Å². The molecule has 0 N–H and O–H groups in total. The van der Waals surface area contributed by atoms with Crippen molar-refractivity contribution in [1.82, 2.24) is 24.5 Å². The highest BCUT2D eigenvalue weighted by Crippen LogP contribution is 2.38. The molecule has 4 heterocycles.